The second kappa shape index (κ2) is 7.77. The summed E-state index contributed by atoms with van der Waals surface area (Å²) in [4.78, 5) is 28.4. The van der Waals surface area contributed by atoms with Gasteiger partial charge in [-0.15, -0.1) is 0 Å². The zero-order chi connectivity index (χ0) is 17.7. The number of nitrogens with zero attached hydrogens (tertiary/aromatic N) is 2. The van der Waals surface area contributed by atoms with Gasteiger partial charge < -0.3 is 9.80 Å². The molecule has 0 aliphatic carbocycles. The van der Waals surface area contributed by atoms with E-state index < -0.39 is 0 Å². The molecule has 0 aromatic heterocycles. The molecule has 0 unspecified atom stereocenters. The van der Waals surface area contributed by atoms with Crippen LogP contribution < -0.4 is 0 Å². The zero-order valence-electron chi connectivity index (χ0n) is 14.8. The van der Waals surface area contributed by atoms with E-state index in [-0.39, 0.29) is 29.5 Å². The van der Waals surface area contributed by atoms with Crippen molar-refractivity contribution in [1.29, 1.82) is 0 Å². The highest BCUT2D eigenvalue weighted by Gasteiger charge is 2.25. The van der Waals surface area contributed by atoms with E-state index in [2.05, 4.69) is 0 Å². The summed E-state index contributed by atoms with van der Waals surface area (Å²) in [5, 5.41) is 0. The lowest BCUT2D eigenvalue weighted by molar-refractivity contribution is -0.134. The van der Waals surface area contributed by atoms with Crippen LogP contribution in [0.5, 0.6) is 0 Å². The number of benzene rings is 1. The summed E-state index contributed by atoms with van der Waals surface area (Å²) in [7, 11) is 0. The normalized spacial score (nSPS) is 16.0. The molecule has 1 aliphatic heterocycles. The molecule has 1 saturated heterocycles. The standard InChI is InChI=1S/C19H27FN2O2/c1-19(2,3)14-18(24)22-10-6-9-21(11-12-22)17(23)13-15-7-4-5-8-16(15)20/h4-5,7-8H,6,9-14H2,1-3H3. The minimum absolute atomic E-state index is 0.0380. The van der Waals surface area contributed by atoms with Crippen molar-refractivity contribution in [3.63, 3.8) is 0 Å². The smallest absolute Gasteiger partial charge is 0.227 e. The highest BCUT2D eigenvalue weighted by atomic mass is 19.1. The Hall–Kier alpha value is -1.91. The van der Waals surface area contributed by atoms with Crippen LogP contribution >= 0.6 is 0 Å². The molecule has 2 rings (SSSR count). The molecular weight excluding hydrogens is 307 g/mol. The van der Waals surface area contributed by atoms with Crippen LogP contribution in [0.25, 0.3) is 0 Å². The average molecular weight is 334 g/mol. The van der Waals surface area contributed by atoms with Gasteiger partial charge in [0.15, 0.2) is 0 Å². The number of carbonyl (C=O) groups is 2. The minimum atomic E-state index is -0.345. The maximum absolute atomic E-state index is 13.7. The first kappa shape index (κ1) is 18.4. The summed E-state index contributed by atoms with van der Waals surface area (Å²) >= 11 is 0. The number of halogens is 1. The van der Waals surface area contributed by atoms with E-state index in [1.54, 1.807) is 23.1 Å². The molecular formula is C19H27FN2O2. The Bertz CT molecular complexity index is 595. The predicted molar refractivity (Wildman–Crippen MR) is 92.0 cm³/mol. The van der Waals surface area contributed by atoms with Crippen molar-refractivity contribution in [3.05, 3.63) is 35.6 Å². The molecule has 0 spiro atoms. The number of hydrogen-bond acceptors (Lipinski definition) is 2. The van der Waals surface area contributed by atoms with Crippen LogP contribution in [0.15, 0.2) is 24.3 Å². The zero-order valence-corrected chi connectivity index (χ0v) is 14.8. The van der Waals surface area contributed by atoms with E-state index in [9.17, 15) is 14.0 Å². The molecule has 0 saturated carbocycles. The first-order valence-corrected chi connectivity index (χ1v) is 8.55. The Morgan fingerprint density at radius 2 is 1.58 bits per heavy atom. The van der Waals surface area contributed by atoms with Gasteiger partial charge in [0, 0.05) is 32.6 Å². The van der Waals surface area contributed by atoms with Crippen LogP contribution in [0.2, 0.25) is 0 Å². The van der Waals surface area contributed by atoms with Gasteiger partial charge >= 0.3 is 0 Å². The Kier molecular flexibility index (Phi) is 5.97. The monoisotopic (exact) mass is 334 g/mol. The number of carbonyl (C=O) groups excluding carboxylic acids is 2. The highest BCUT2D eigenvalue weighted by molar-refractivity contribution is 5.79. The molecule has 5 heteroatoms. The molecule has 0 bridgehead atoms. The average Bonchev–Trinajstić information content (AvgIpc) is 2.74. The molecule has 0 radical (unpaired) electrons. The van der Waals surface area contributed by atoms with Crippen molar-refractivity contribution in [2.45, 2.75) is 40.0 Å². The van der Waals surface area contributed by atoms with Gasteiger partial charge in [-0.25, -0.2) is 4.39 Å². The van der Waals surface area contributed by atoms with Crippen LogP contribution in [0.4, 0.5) is 4.39 Å². The van der Waals surface area contributed by atoms with Gasteiger partial charge in [-0.2, -0.15) is 0 Å². The first-order valence-electron chi connectivity index (χ1n) is 8.55. The van der Waals surface area contributed by atoms with Crippen molar-refractivity contribution in [3.8, 4) is 0 Å². The van der Waals surface area contributed by atoms with Gasteiger partial charge in [-0.3, -0.25) is 9.59 Å². The summed E-state index contributed by atoms with van der Waals surface area (Å²) < 4.78 is 13.7. The molecule has 1 heterocycles. The molecule has 2 amide bonds. The van der Waals surface area contributed by atoms with Crippen molar-refractivity contribution in [1.82, 2.24) is 9.80 Å². The molecule has 24 heavy (non-hydrogen) atoms. The maximum Gasteiger partial charge on any atom is 0.227 e. The lowest BCUT2D eigenvalue weighted by Crippen LogP contribution is -2.38. The van der Waals surface area contributed by atoms with E-state index >= 15 is 0 Å². The summed E-state index contributed by atoms with van der Waals surface area (Å²) in [5.74, 6) is -0.279. The van der Waals surface area contributed by atoms with Crippen LogP contribution in [0.1, 0.15) is 39.2 Å². The largest absolute Gasteiger partial charge is 0.341 e. The predicted octanol–water partition coefficient (Wildman–Crippen LogP) is 2.87. The summed E-state index contributed by atoms with van der Waals surface area (Å²) in [6, 6.07) is 6.37. The molecule has 4 nitrogen and oxygen atoms in total. The van der Waals surface area contributed by atoms with Gasteiger partial charge in [-0.1, -0.05) is 39.0 Å². The molecule has 132 valence electrons. The SMILES string of the molecule is CC(C)(C)CC(=O)N1CCCN(C(=O)Cc2ccccc2F)CC1. The molecule has 1 fully saturated rings. The van der Waals surface area contributed by atoms with E-state index in [1.165, 1.54) is 6.07 Å². The van der Waals surface area contributed by atoms with Gasteiger partial charge in [0.2, 0.25) is 11.8 Å². The maximum atomic E-state index is 13.7. The van der Waals surface area contributed by atoms with Gasteiger partial charge in [-0.05, 0) is 23.5 Å². The molecule has 1 aromatic carbocycles. The quantitative estimate of drug-likeness (QED) is 0.853. The van der Waals surface area contributed by atoms with Crippen LogP contribution in [-0.4, -0.2) is 47.8 Å². The molecule has 0 N–H and O–H groups in total. The number of rotatable bonds is 3. The van der Waals surface area contributed by atoms with Crippen LogP contribution in [0, 0.1) is 11.2 Å². The van der Waals surface area contributed by atoms with E-state index in [4.69, 9.17) is 0 Å². The Balaban J connectivity index is 1.92. The minimum Gasteiger partial charge on any atom is -0.341 e. The highest BCUT2D eigenvalue weighted by Crippen LogP contribution is 2.20. The first-order chi connectivity index (χ1) is 11.3. The molecule has 1 aliphatic rings. The Morgan fingerprint density at radius 3 is 2.17 bits per heavy atom. The fourth-order valence-corrected chi connectivity index (χ4v) is 2.90. The van der Waals surface area contributed by atoms with Gasteiger partial charge in [0.25, 0.3) is 0 Å². The fourth-order valence-electron chi connectivity index (χ4n) is 2.90. The van der Waals surface area contributed by atoms with E-state index in [0.29, 0.717) is 38.2 Å². The van der Waals surface area contributed by atoms with Crippen molar-refractivity contribution >= 4 is 11.8 Å². The topological polar surface area (TPSA) is 40.6 Å². The lowest BCUT2D eigenvalue weighted by Gasteiger charge is -2.25. The number of amides is 2. The van der Waals surface area contributed by atoms with Crippen LogP contribution in [-0.2, 0) is 16.0 Å². The summed E-state index contributed by atoms with van der Waals surface area (Å²) in [5.41, 5.74) is 0.386. The van der Waals surface area contributed by atoms with Crippen molar-refractivity contribution < 1.29 is 14.0 Å². The second-order valence-electron chi connectivity index (χ2n) is 7.62. The van der Waals surface area contributed by atoms with Gasteiger partial charge in [0.05, 0.1) is 6.42 Å². The van der Waals surface area contributed by atoms with E-state index in [0.717, 1.165) is 6.42 Å². The second-order valence-corrected chi connectivity index (χ2v) is 7.62. The third-order valence-corrected chi connectivity index (χ3v) is 4.18. The van der Waals surface area contributed by atoms with E-state index in [1.807, 2.05) is 25.7 Å². The van der Waals surface area contributed by atoms with Crippen molar-refractivity contribution in [2.24, 2.45) is 5.41 Å². The van der Waals surface area contributed by atoms with Crippen LogP contribution in [0.3, 0.4) is 0 Å². The fraction of sp³-hybridized carbons (Fsp3) is 0.579. The van der Waals surface area contributed by atoms with Gasteiger partial charge in [0.1, 0.15) is 5.82 Å². The number of hydrogen-bond donors (Lipinski definition) is 0. The lowest BCUT2D eigenvalue weighted by atomic mass is 9.91. The molecule has 1 aromatic rings. The third-order valence-electron chi connectivity index (χ3n) is 4.18. The third kappa shape index (κ3) is 5.32. The summed E-state index contributed by atoms with van der Waals surface area (Å²) in [6.07, 6.45) is 1.34. The van der Waals surface area contributed by atoms with Crippen molar-refractivity contribution in [2.75, 3.05) is 26.2 Å². The Labute approximate surface area is 143 Å². The molecule has 0 atom stereocenters. The Morgan fingerprint density at radius 1 is 1.00 bits per heavy atom. The summed E-state index contributed by atoms with van der Waals surface area (Å²) in [6.45, 7) is 8.51.